The highest BCUT2D eigenvalue weighted by molar-refractivity contribution is 5.88. The van der Waals surface area contributed by atoms with Gasteiger partial charge < -0.3 is 14.9 Å². The van der Waals surface area contributed by atoms with Gasteiger partial charge in [0.2, 0.25) is 0 Å². The van der Waals surface area contributed by atoms with E-state index in [2.05, 4.69) is 10.5 Å². The van der Waals surface area contributed by atoms with Crippen LogP contribution in [0.5, 0.6) is 0 Å². The number of rotatable bonds is 4. The lowest BCUT2D eigenvalue weighted by Crippen LogP contribution is -2.13. The molecule has 1 heterocycles. The van der Waals surface area contributed by atoms with Gasteiger partial charge in [-0.1, -0.05) is 12.1 Å². The summed E-state index contributed by atoms with van der Waals surface area (Å²) < 4.78 is 4.73. The second-order valence-electron chi connectivity index (χ2n) is 2.25. The van der Waals surface area contributed by atoms with Crippen LogP contribution in [0.2, 0.25) is 0 Å². The van der Waals surface area contributed by atoms with Gasteiger partial charge in [0.05, 0.1) is 12.7 Å². The number of hydrogen-bond acceptors (Lipinski definition) is 4. The number of carbonyl (C=O) groups is 1. The van der Waals surface area contributed by atoms with E-state index in [0.29, 0.717) is 12.3 Å². The number of aromatic carboxylic acids is 1. The van der Waals surface area contributed by atoms with Crippen LogP contribution in [0.25, 0.3) is 0 Å². The number of carboxylic acid groups (broad SMARTS) is 1. The van der Waals surface area contributed by atoms with Crippen LogP contribution in [-0.2, 0) is 6.54 Å². The van der Waals surface area contributed by atoms with E-state index in [-0.39, 0.29) is 5.56 Å². The van der Waals surface area contributed by atoms with Crippen molar-refractivity contribution < 1.29 is 14.4 Å². The predicted octanol–water partition coefficient (Wildman–Crippen LogP) is 0.482. The highest BCUT2D eigenvalue weighted by Gasteiger charge is 2.13. The van der Waals surface area contributed by atoms with Crippen LogP contribution in [0.3, 0.4) is 0 Å². The van der Waals surface area contributed by atoms with Gasteiger partial charge in [0.15, 0.2) is 5.76 Å². The zero-order chi connectivity index (χ0) is 8.97. The van der Waals surface area contributed by atoms with Crippen molar-refractivity contribution in [3.63, 3.8) is 0 Å². The minimum atomic E-state index is -1.01. The third kappa shape index (κ3) is 1.82. The molecule has 0 bridgehead atoms. The molecule has 0 aliphatic heterocycles. The quantitative estimate of drug-likeness (QED) is 0.687. The van der Waals surface area contributed by atoms with E-state index in [0.717, 1.165) is 6.54 Å². The van der Waals surface area contributed by atoms with Gasteiger partial charge in [0, 0.05) is 0 Å². The molecule has 2 N–H and O–H groups in total. The van der Waals surface area contributed by atoms with Gasteiger partial charge >= 0.3 is 5.97 Å². The van der Waals surface area contributed by atoms with Crippen molar-refractivity contribution in [2.45, 2.75) is 13.5 Å². The van der Waals surface area contributed by atoms with Crippen LogP contribution >= 0.6 is 0 Å². The van der Waals surface area contributed by atoms with E-state index < -0.39 is 5.97 Å². The van der Waals surface area contributed by atoms with Crippen molar-refractivity contribution in [3.8, 4) is 0 Å². The molecule has 1 aromatic heterocycles. The fourth-order valence-corrected chi connectivity index (χ4v) is 0.804. The van der Waals surface area contributed by atoms with Gasteiger partial charge in [0.25, 0.3) is 0 Å². The molecular weight excluding hydrogens is 160 g/mol. The molecule has 66 valence electrons. The average molecular weight is 170 g/mol. The molecule has 12 heavy (non-hydrogen) atoms. The first-order valence-corrected chi connectivity index (χ1v) is 3.63. The summed E-state index contributed by atoms with van der Waals surface area (Å²) in [5.74, 6) is -0.645. The smallest absolute Gasteiger partial charge is 0.341 e. The standard InChI is InChI=1S/C7H10N2O3/c1-2-8-4-6-5(7(10)11)3-9-12-6/h3,8H,2,4H2,1H3,(H,10,11). The normalized spacial score (nSPS) is 10.1. The summed E-state index contributed by atoms with van der Waals surface area (Å²) in [6.07, 6.45) is 1.20. The van der Waals surface area contributed by atoms with Gasteiger partial charge in [-0.05, 0) is 6.54 Å². The van der Waals surface area contributed by atoms with Gasteiger partial charge in [-0.3, -0.25) is 0 Å². The molecule has 1 aromatic rings. The van der Waals surface area contributed by atoms with E-state index in [1.165, 1.54) is 6.20 Å². The van der Waals surface area contributed by atoms with Crippen molar-refractivity contribution in [2.24, 2.45) is 0 Å². The molecule has 0 amide bonds. The van der Waals surface area contributed by atoms with Gasteiger partial charge in [0.1, 0.15) is 5.56 Å². The molecule has 0 aliphatic carbocycles. The first-order valence-electron chi connectivity index (χ1n) is 3.63. The second-order valence-corrected chi connectivity index (χ2v) is 2.25. The van der Waals surface area contributed by atoms with Gasteiger partial charge in [-0.25, -0.2) is 4.79 Å². The largest absolute Gasteiger partial charge is 0.478 e. The molecule has 0 radical (unpaired) electrons. The molecule has 5 heteroatoms. The molecule has 0 fully saturated rings. The lowest BCUT2D eigenvalue weighted by molar-refractivity contribution is 0.0694. The molecule has 0 saturated heterocycles. The van der Waals surface area contributed by atoms with Crippen molar-refractivity contribution in [3.05, 3.63) is 17.5 Å². The lowest BCUT2D eigenvalue weighted by atomic mass is 10.2. The zero-order valence-electron chi connectivity index (χ0n) is 6.70. The highest BCUT2D eigenvalue weighted by Crippen LogP contribution is 2.06. The number of nitrogens with zero attached hydrogens (tertiary/aromatic N) is 1. The summed E-state index contributed by atoms with van der Waals surface area (Å²) in [7, 11) is 0. The Bertz CT molecular complexity index is 269. The Kier molecular flexibility index (Phi) is 2.82. The fourth-order valence-electron chi connectivity index (χ4n) is 0.804. The molecule has 5 nitrogen and oxygen atoms in total. The van der Waals surface area contributed by atoms with E-state index in [4.69, 9.17) is 9.63 Å². The number of aromatic nitrogens is 1. The Hall–Kier alpha value is -1.36. The predicted molar refractivity (Wildman–Crippen MR) is 40.8 cm³/mol. The SMILES string of the molecule is CCNCc1oncc1C(=O)O. The molecule has 0 atom stereocenters. The van der Waals surface area contributed by atoms with Crippen LogP contribution < -0.4 is 5.32 Å². The molecule has 0 saturated carbocycles. The summed E-state index contributed by atoms with van der Waals surface area (Å²) in [4.78, 5) is 10.5. The summed E-state index contributed by atoms with van der Waals surface area (Å²) in [6, 6.07) is 0. The van der Waals surface area contributed by atoms with Crippen molar-refractivity contribution in [2.75, 3.05) is 6.54 Å². The average Bonchev–Trinajstić information content (AvgIpc) is 2.48. The van der Waals surface area contributed by atoms with E-state index in [1.54, 1.807) is 0 Å². The molecule has 0 spiro atoms. The highest BCUT2D eigenvalue weighted by atomic mass is 16.5. The Morgan fingerprint density at radius 3 is 3.17 bits per heavy atom. The Morgan fingerprint density at radius 2 is 2.58 bits per heavy atom. The van der Waals surface area contributed by atoms with Crippen LogP contribution in [0.1, 0.15) is 23.0 Å². The Morgan fingerprint density at radius 1 is 1.83 bits per heavy atom. The Balaban J connectivity index is 2.70. The van der Waals surface area contributed by atoms with Crippen LogP contribution in [0, 0.1) is 0 Å². The van der Waals surface area contributed by atoms with Crippen LogP contribution in [0.4, 0.5) is 0 Å². The van der Waals surface area contributed by atoms with E-state index in [9.17, 15) is 4.79 Å². The molecule has 0 unspecified atom stereocenters. The summed E-state index contributed by atoms with van der Waals surface area (Å²) in [6.45, 7) is 3.09. The molecule has 0 aromatic carbocycles. The van der Waals surface area contributed by atoms with Crippen LogP contribution in [0.15, 0.2) is 10.7 Å². The molecular formula is C7H10N2O3. The first-order chi connectivity index (χ1) is 5.75. The van der Waals surface area contributed by atoms with Gasteiger partial charge in [-0.2, -0.15) is 0 Å². The summed E-state index contributed by atoms with van der Waals surface area (Å²) in [5.41, 5.74) is 0.121. The summed E-state index contributed by atoms with van der Waals surface area (Å²) >= 11 is 0. The first kappa shape index (κ1) is 8.73. The summed E-state index contributed by atoms with van der Waals surface area (Å²) in [5, 5.41) is 15.0. The Labute approximate surface area is 69.4 Å². The minimum absolute atomic E-state index is 0.121. The monoisotopic (exact) mass is 170 g/mol. The second kappa shape index (κ2) is 3.87. The maximum atomic E-state index is 10.5. The minimum Gasteiger partial charge on any atom is -0.478 e. The molecule has 0 aliphatic rings. The topological polar surface area (TPSA) is 75.4 Å². The zero-order valence-corrected chi connectivity index (χ0v) is 6.70. The van der Waals surface area contributed by atoms with Crippen molar-refractivity contribution in [1.29, 1.82) is 0 Å². The maximum absolute atomic E-state index is 10.5. The number of hydrogen-bond donors (Lipinski definition) is 2. The number of nitrogens with one attached hydrogen (secondary N) is 1. The third-order valence-corrected chi connectivity index (χ3v) is 1.41. The maximum Gasteiger partial charge on any atom is 0.341 e. The van der Waals surface area contributed by atoms with Crippen molar-refractivity contribution >= 4 is 5.97 Å². The van der Waals surface area contributed by atoms with E-state index >= 15 is 0 Å². The number of carboxylic acids is 1. The van der Waals surface area contributed by atoms with Crippen molar-refractivity contribution in [1.82, 2.24) is 10.5 Å². The molecule has 1 rings (SSSR count). The van der Waals surface area contributed by atoms with Crippen LogP contribution in [-0.4, -0.2) is 22.8 Å². The fraction of sp³-hybridized carbons (Fsp3) is 0.429. The third-order valence-electron chi connectivity index (χ3n) is 1.41. The van der Waals surface area contributed by atoms with Gasteiger partial charge in [-0.15, -0.1) is 0 Å². The van der Waals surface area contributed by atoms with E-state index in [1.807, 2.05) is 6.92 Å². The lowest BCUT2D eigenvalue weighted by Gasteiger charge is -1.96.